The van der Waals surface area contributed by atoms with Crippen LogP contribution in [0.4, 0.5) is 0 Å². The maximum absolute atomic E-state index is 10.8. The van der Waals surface area contributed by atoms with Gasteiger partial charge in [0.1, 0.15) is 0 Å². The average Bonchev–Trinajstić information content (AvgIpc) is 2.05. The van der Waals surface area contributed by atoms with Crippen LogP contribution in [0.1, 0.15) is 11.7 Å². The predicted molar refractivity (Wildman–Crippen MR) is 39.9 cm³/mol. The Kier molecular flexibility index (Phi) is 4.88. The van der Waals surface area contributed by atoms with Gasteiger partial charge in [-0.3, -0.25) is 0 Å². The minimum absolute atomic E-state index is 0. The zero-order valence-electron chi connectivity index (χ0n) is 6.40. The number of carboxylic acids is 1. The molecule has 1 rings (SSSR count). The number of hydrogen-bond donors (Lipinski definition) is 0. The van der Waals surface area contributed by atoms with E-state index in [2.05, 4.69) is 0 Å². The molecule has 58 valence electrons. The van der Waals surface area contributed by atoms with Crippen LogP contribution < -0.4 is 10.2 Å². The molecule has 0 aliphatic rings. The molecule has 1 atom stereocenters. The van der Waals surface area contributed by atoms with Crippen LogP contribution in [-0.4, -0.2) is 29.0 Å². The molecule has 1 aromatic carbocycles. The summed E-state index contributed by atoms with van der Waals surface area (Å²) in [6.07, 6.45) is -1.77. The van der Waals surface area contributed by atoms with Gasteiger partial charge in [0.25, 0.3) is 0 Å². The van der Waals surface area contributed by atoms with Crippen LogP contribution >= 0.6 is 0 Å². The second-order valence-electron chi connectivity index (χ2n) is 2.11. The molecule has 0 fully saturated rings. The Morgan fingerprint density at radius 2 is 1.75 bits per heavy atom. The van der Waals surface area contributed by atoms with E-state index < -0.39 is 12.1 Å². The van der Waals surface area contributed by atoms with E-state index in [1.165, 1.54) is 12.1 Å². The number of carboxylic acid groups (broad SMARTS) is 1. The van der Waals surface area contributed by atoms with Crippen molar-refractivity contribution in [3.8, 4) is 0 Å². The second-order valence-corrected chi connectivity index (χ2v) is 2.11. The molecule has 0 spiro atoms. The van der Waals surface area contributed by atoms with Gasteiger partial charge in [0.15, 0.2) is 0 Å². The Balaban J connectivity index is 0.00000121. The first-order chi connectivity index (χ1) is 5.22. The Morgan fingerprint density at radius 3 is 2.17 bits per heavy atom. The molecule has 0 N–H and O–H groups in total. The summed E-state index contributed by atoms with van der Waals surface area (Å²) in [6, 6.07) is 7.87. The van der Waals surface area contributed by atoms with Crippen LogP contribution in [0, 0.1) is 0 Å². The molecule has 3 nitrogen and oxygen atoms in total. The number of aliphatic carboxylic acids is 1. The molecule has 0 aliphatic heterocycles. The first-order valence-corrected chi connectivity index (χ1v) is 3.13. The van der Waals surface area contributed by atoms with Crippen LogP contribution in [0.15, 0.2) is 30.3 Å². The molecule has 12 heavy (non-hydrogen) atoms. The molecule has 0 amide bonds. The smallest absolute Gasteiger partial charge is 0.844 e. The zero-order chi connectivity index (χ0) is 8.27. The summed E-state index contributed by atoms with van der Waals surface area (Å²) in [5, 5.41) is 20.8. The fraction of sp³-hybridized carbons (Fsp3) is 0.125. The van der Waals surface area contributed by atoms with Gasteiger partial charge in [-0.1, -0.05) is 42.0 Å². The molecule has 0 saturated heterocycles. The topological polar surface area (TPSA) is 63.2 Å². The zero-order valence-corrected chi connectivity index (χ0v) is 7.81. The Bertz CT molecular complexity index is 248. The Labute approximate surface area is 86.2 Å². The van der Waals surface area contributed by atoms with Crippen molar-refractivity contribution in [2.24, 2.45) is 0 Å². The minimum atomic E-state index is -1.77. The van der Waals surface area contributed by atoms with Gasteiger partial charge in [0.05, 0.1) is 0 Å². The van der Waals surface area contributed by atoms with Gasteiger partial charge in [-0.05, 0) is 0 Å². The van der Waals surface area contributed by atoms with Gasteiger partial charge >= 0.3 is 23.1 Å². The van der Waals surface area contributed by atoms with E-state index in [-0.39, 0.29) is 28.6 Å². The van der Waals surface area contributed by atoms with Gasteiger partial charge in [-0.25, -0.2) is 0 Å². The monoisotopic (exact) mass is 174 g/mol. The maximum Gasteiger partial charge on any atom is 2.00 e. The number of rotatable bonds is 2. The Hall–Kier alpha value is -0.584. The van der Waals surface area contributed by atoms with Crippen molar-refractivity contribution < 1.29 is 15.0 Å². The number of hydrogen-bond acceptors (Lipinski definition) is 3. The predicted octanol–water partition coefficient (Wildman–Crippen LogP) is -1.54. The summed E-state index contributed by atoms with van der Waals surface area (Å²) in [6.45, 7) is 0. The number of carbonyl (C=O) groups is 1. The molecule has 0 saturated carbocycles. The molecule has 1 aromatic rings. The third-order valence-electron chi connectivity index (χ3n) is 1.32. The molecule has 0 aliphatic carbocycles. The van der Waals surface area contributed by atoms with Crippen LogP contribution in [0.5, 0.6) is 0 Å². The molecule has 0 unspecified atom stereocenters. The van der Waals surface area contributed by atoms with Gasteiger partial charge in [0, 0.05) is 5.97 Å². The van der Waals surface area contributed by atoms with Crippen molar-refractivity contribution in [3.05, 3.63) is 35.9 Å². The van der Waals surface area contributed by atoms with Crippen molar-refractivity contribution >= 4 is 29.0 Å². The van der Waals surface area contributed by atoms with Crippen molar-refractivity contribution in [1.29, 1.82) is 0 Å². The number of carbonyl (C=O) groups excluding carboxylic acids is 1. The molecule has 0 aromatic heterocycles. The fourth-order valence-corrected chi connectivity index (χ4v) is 0.764. The molecular formula is C8H6MgO3. The van der Waals surface area contributed by atoms with Gasteiger partial charge in [-0.15, -0.1) is 0 Å². The standard InChI is InChI=1S/C8H7O3.Mg/c9-7(8(10)11)6-4-2-1-3-5-6;/h1-5,7H,(H,10,11);/q-1;+2/p-1/t7-;/m1./s1. The van der Waals surface area contributed by atoms with E-state index in [4.69, 9.17) is 0 Å². The Morgan fingerprint density at radius 1 is 1.25 bits per heavy atom. The maximum atomic E-state index is 10.8. The van der Waals surface area contributed by atoms with Crippen molar-refractivity contribution in [1.82, 2.24) is 0 Å². The first kappa shape index (κ1) is 11.4. The number of benzene rings is 1. The molecule has 0 radical (unpaired) electrons. The molecule has 4 heteroatoms. The fourth-order valence-electron chi connectivity index (χ4n) is 0.764. The largest absolute Gasteiger partial charge is 2.00 e. The van der Waals surface area contributed by atoms with Gasteiger partial charge in [-0.2, -0.15) is 0 Å². The van der Waals surface area contributed by atoms with Gasteiger partial charge < -0.3 is 15.0 Å². The molecule has 0 heterocycles. The summed E-state index contributed by atoms with van der Waals surface area (Å²) in [7, 11) is 0. The van der Waals surface area contributed by atoms with Crippen LogP contribution in [0.2, 0.25) is 0 Å². The van der Waals surface area contributed by atoms with E-state index in [0.717, 1.165) is 0 Å². The van der Waals surface area contributed by atoms with Crippen molar-refractivity contribution in [2.45, 2.75) is 6.10 Å². The van der Waals surface area contributed by atoms with Crippen LogP contribution in [-0.2, 0) is 4.79 Å². The summed E-state index contributed by atoms with van der Waals surface area (Å²) in [5.41, 5.74) is 0.229. The minimum Gasteiger partial charge on any atom is -0.844 e. The third kappa shape index (κ3) is 2.81. The summed E-state index contributed by atoms with van der Waals surface area (Å²) >= 11 is 0. The van der Waals surface area contributed by atoms with E-state index in [1.54, 1.807) is 18.2 Å². The van der Waals surface area contributed by atoms with E-state index in [0.29, 0.717) is 0 Å². The summed E-state index contributed by atoms with van der Waals surface area (Å²) in [5.74, 6) is -1.59. The van der Waals surface area contributed by atoms with Crippen LogP contribution in [0.3, 0.4) is 0 Å². The SMILES string of the molecule is O=C([O-])[C@H]([O-])c1ccccc1.[Mg+2]. The summed E-state index contributed by atoms with van der Waals surface area (Å²) in [4.78, 5) is 10.1. The van der Waals surface area contributed by atoms with Crippen molar-refractivity contribution in [2.75, 3.05) is 0 Å². The second kappa shape index (κ2) is 5.13. The third-order valence-corrected chi connectivity index (χ3v) is 1.32. The first-order valence-electron chi connectivity index (χ1n) is 3.13. The normalized spacial score (nSPS) is 11.4. The molecular weight excluding hydrogens is 168 g/mol. The van der Waals surface area contributed by atoms with Crippen molar-refractivity contribution in [3.63, 3.8) is 0 Å². The average molecular weight is 174 g/mol. The van der Waals surface area contributed by atoms with E-state index >= 15 is 0 Å². The van der Waals surface area contributed by atoms with Crippen LogP contribution in [0.25, 0.3) is 0 Å². The molecule has 0 bridgehead atoms. The summed E-state index contributed by atoms with van der Waals surface area (Å²) < 4.78 is 0. The van der Waals surface area contributed by atoms with Gasteiger partial charge in [0.2, 0.25) is 0 Å². The van der Waals surface area contributed by atoms with E-state index in [9.17, 15) is 15.0 Å². The quantitative estimate of drug-likeness (QED) is 0.511. The van der Waals surface area contributed by atoms with E-state index in [1.807, 2.05) is 0 Å².